The summed E-state index contributed by atoms with van der Waals surface area (Å²) >= 11 is 6.19. The summed E-state index contributed by atoms with van der Waals surface area (Å²) in [6.45, 7) is 0. The Morgan fingerprint density at radius 1 is 1.16 bits per heavy atom. The van der Waals surface area contributed by atoms with E-state index in [0.717, 1.165) is 6.07 Å². The van der Waals surface area contributed by atoms with E-state index in [1.54, 1.807) is 30.4 Å². The lowest BCUT2D eigenvalue weighted by molar-refractivity contribution is -0.130. The average molecular weight is 363 g/mol. The van der Waals surface area contributed by atoms with Crippen LogP contribution in [0.3, 0.4) is 0 Å². The van der Waals surface area contributed by atoms with Crippen molar-refractivity contribution in [3.05, 3.63) is 70.5 Å². The first-order valence-corrected chi connectivity index (χ1v) is 7.63. The molecule has 0 saturated carbocycles. The van der Waals surface area contributed by atoms with Gasteiger partial charge in [0.25, 0.3) is 0 Å². The molecule has 0 aromatic heterocycles. The van der Waals surface area contributed by atoms with E-state index < -0.39 is 11.8 Å². The predicted octanol–water partition coefficient (Wildman–Crippen LogP) is 4.68. The Kier molecular flexibility index (Phi) is 6.19. The van der Waals surface area contributed by atoms with Gasteiger partial charge in [-0.25, -0.2) is 9.18 Å². The second-order valence-corrected chi connectivity index (χ2v) is 5.34. The molecule has 1 N–H and O–H groups in total. The van der Waals surface area contributed by atoms with Crippen LogP contribution in [0, 0.1) is 5.82 Å². The molecular weight excluding hydrogens is 347 g/mol. The number of allylic oxidation sites excluding steroid dienone is 2. The summed E-state index contributed by atoms with van der Waals surface area (Å²) in [5.74, 6) is -1.20. The Bertz CT molecular complexity index is 843. The summed E-state index contributed by atoms with van der Waals surface area (Å²) in [6.07, 6.45) is 4.62. The molecule has 0 unspecified atom stereocenters. The number of benzene rings is 2. The molecule has 0 heterocycles. The maximum atomic E-state index is 13.5. The van der Waals surface area contributed by atoms with Gasteiger partial charge in [-0.3, -0.25) is 0 Å². The minimum absolute atomic E-state index is 0.00596. The van der Waals surface area contributed by atoms with Crippen molar-refractivity contribution in [3.63, 3.8) is 0 Å². The van der Waals surface area contributed by atoms with Crippen molar-refractivity contribution >= 4 is 29.2 Å². The van der Waals surface area contributed by atoms with Crippen LogP contribution in [0.5, 0.6) is 11.5 Å². The van der Waals surface area contributed by atoms with E-state index >= 15 is 0 Å². The van der Waals surface area contributed by atoms with Crippen LogP contribution in [0.15, 0.2) is 48.6 Å². The van der Waals surface area contributed by atoms with Crippen LogP contribution in [0.4, 0.5) is 4.39 Å². The van der Waals surface area contributed by atoms with E-state index in [4.69, 9.17) is 21.1 Å². The molecule has 0 fully saturated rings. The SMILES string of the molecule is COc1cc(C(=C/C=C/c2cccc(OC)c2Cl)C(=O)O)ccc1F. The lowest BCUT2D eigenvalue weighted by atomic mass is 10.0. The van der Waals surface area contributed by atoms with Gasteiger partial charge in [-0.05, 0) is 35.4 Å². The zero-order valence-corrected chi connectivity index (χ0v) is 14.4. The van der Waals surface area contributed by atoms with Gasteiger partial charge in [0.2, 0.25) is 0 Å². The second-order valence-electron chi connectivity index (χ2n) is 4.96. The zero-order valence-electron chi connectivity index (χ0n) is 13.6. The van der Waals surface area contributed by atoms with Crippen LogP contribution in [0.1, 0.15) is 11.1 Å². The first-order valence-electron chi connectivity index (χ1n) is 7.26. The van der Waals surface area contributed by atoms with Crippen LogP contribution in [0.2, 0.25) is 5.02 Å². The largest absolute Gasteiger partial charge is 0.495 e. The maximum Gasteiger partial charge on any atom is 0.336 e. The molecule has 2 aromatic carbocycles. The third kappa shape index (κ3) is 4.39. The number of aliphatic carboxylic acids is 1. The van der Waals surface area contributed by atoms with Crippen molar-refractivity contribution in [3.8, 4) is 11.5 Å². The van der Waals surface area contributed by atoms with Gasteiger partial charge in [-0.2, -0.15) is 0 Å². The second kappa shape index (κ2) is 8.35. The summed E-state index contributed by atoms with van der Waals surface area (Å²) < 4.78 is 23.5. The van der Waals surface area contributed by atoms with Gasteiger partial charge in [-0.15, -0.1) is 0 Å². The molecule has 130 valence electrons. The average Bonchev–Trinajstić information content (AvgIpc) is 2.60. The normalized spacial score (nSPS) is 11.6. The maximum absolute atomic E-state index is 13.5. The summed E-state index contributed by atoms with van der Waals surface area (Å²) in [6, 6.07) is 9.15. The molecule has 0 saturated heterocycles. The van der Waals surface area contributed by atoms with Gasteiger partial charge >= 0.3 is 5.97 Å². The Labute approximate surface area is 149 Å². The lowest BCUT2D eigenvalue weighted by Crippen LogP contribution is -2.00. The molecule has 2 aromatic rings. The fourth-order valence-electron chi connectivity index (χ4n) is 2.18. The van der Waals surface area contributed by atoms with Gasteiger partial charge in [-0.1, -0.05) is 42.0 Å². The third-order valence-electron chi connectivity index (χ3n) is 3.44. The number of methoxy groups -OCH3 is 2. The van der Waals surface area contributed by atoms with E-state index in [1.165, 1.54) is 32.4 Å². The molecule has 25 heavy (non-hydrogen) atoms. The van der Waals surface area contributed by atoms with Crippen molar-refractivity contribution in [2.45, 2.75) is 0 Å². The number of carboxylic acid groups (broad SMARTS) is 1. The summed E-state index contributed by atoms with van der Waals surface area (Å²) in [7, 11) is 2.83. The highest BCUT2D eigenvalue weighted by molar-refractivity contribution is 6.33. The van der Waals surface area contributed by atoms with Crippen molar-refractivity contribution in [2.75, 3.05) is 14.2 Å². The van der Waals surface area contributed by atoms with E-state index in [2.05, 4.69) is 0 Å². The molecule has 4 nitrogen and oxygen atoms in total. The molecule has 0 atom stereocenters. The molecule has 0 radical (unpaired) electrons. The molecule has 0 aliphatic heterocycles. The van der Waals surface area contributed by atoms with Gasteiger partial charge < -0.3 is 14.6 Å². The molecule has 2 rings (SSSR count). The van der Waals surface area contributed by atoms with Crippen LogP contribution in [-0.2, 0) is 4.79 Å². The predicted molar refractivity (Wildman–Crippen MR) is 95.6 cm³/mol. The topological polar surface area (TPSA) is 55.8 Å². The smallest absolute Gasteiger partial charge is 0.336 e. The lowest BCUT2D eigenvalue weighted by Gasteiger charge is -2.06. The van der Waals surface area contributed by atoms with Crippen molar-refractivity contribution in [1.82, 2.24) is 0 Å². The van der Waals surface area contributed by atoms with Crippen LogP contribution in [-0.4, -0.2) is 25.3 Å². The number of halogens is 2. The van der Waals surface area contributed by atoms with E-state index in [0.29, 0.717) is 21.9 Å². The third-order valence-corrected chi connectivity index (χ3v) is 3.85. The highest BCUT2D eigenvalue weighted by atomic mass is 35.5. The number of ether oxygens (including phenoxy) is 2. The van der Waals surface area contributed by atoms with Gasteiger partial charge in [0, 0.05) is 0 Å². The zero-order chi connectivity index (χ0) is 18.4. The van der Waals surface area contributed by atoms with Crippen molar-refractivity contribution < 1.29 is 23.8 Å². The molecule has 0 aliphatic rings. The monoisotopic (exact) mass is 362 g/mol. The van der Waals surface area contributed by atoms with Crippen LogP contribution in [0.25, 0.3) is 11.6 Å². The molecule has 0 amide bonds. The van der Waals surface area contributed by atoms with E-state index in [-0.39, 0.29) is 11.3 Å². The Balaban J connectivity index is 2.37. The number of rotatable bonds is 6. The van der Waals surface area contributed by atoms with Crippen LogP contribution >= 0.6 is 11.6 Å². The molecular formula is C19H16ClFO4. The van der Waals surface area contributed by atoms with Crippen molar-refractivity contribution in [2.24, 2.45) is 0 Å². The van der Waals surface area contributed by atoms with Gasteiger partial charge in [0.05, 0.1) is 24.8 Å². The number of hydrogen-bond acceptors (Lipinski definition) is 3. The van der Waals surface area contributed by atoms with Gasteiger partial charge in [0.1, 0.15) is 5.75 Å². The Morgan fingerprint density at radius 2 is 1.88 bits per heavy atom. The van der Waals surface area contributed by atoms with Crippen LogP contribution < -0.4 is 9.47 Å². The fourth-order valence-corrected chi connectivity index (χ4v) is 2.45. The quantitative estimate of drug-likeness (QED) is 0.599. The molecule has 0 aliphatic carbocycles. The first-order chi connectivity index (χ1) is 12.0. The Hall–Kier alpha value is -2.79. The minimum Gasteiger partial charge on any atom is -0.495 e. The minimum atomic E-state index is -1.14. The highest BCUT2D eigenvalue weighted by Gasteiger charge is 2.12. The number of carbonyl (C=O) groups is 1. The fraction of sp³-hybridized carbons (Fsp3) is 0.105. The van der Waals surface area contributed by atoms with Crippen molar-refractivity contribution in [1.29, 1.82) is 0 Å². The molecule has 0 spiro atoms. The standard InChI is InChI=1S/C19H16ClFO4/c1-24-16-8-4-6-12(18(16)20)5-3-7-14(19(22)23)13-9-10-15(21)17(11-13)25-2/h3-11H,1-2H3,(H,22,23)/b5-3+,14-7?. The summed E-state index contributed by atoms with van der Waals surface area (Å²) in [5, 5.41) is 9.84. The van der Waals surface area contributed by atoms with E-state index in [9.17, 15) is 14.3 Å². The molecule has 0 bridgehead atoms. The highest BCUT2D eigenvalue weighted by Crippen LogP contribution is 2.29. The number of carboxylic acids is 1. The van der Waals surface area contributed by atoms with Gasteiger partial charge in [0.15, 0.2) is 11.6 Å². The first kappa shape index (κ1) is 18.5. The number of hydrogen-bond donors (Lipinski definition) is 1. The van der Waals surface area contributed by atoms with E-state index in [1.807, 2.05) is 0 Å². The summed E-state index contributed by atoms with van der Waals surface area (Å²) in [5.41, 5.74) is 0.999. The summed E-state index contributed by atoms with van der Waals surface area (Å²) in [4.78, 5) is 11.5. The Morgan fingerprint density at radius 3 is 2.52 bits per heavy atom. The molecule has 6 heteroatoms.